The third-order valence-corrected chi connectivity index (χ3v) is 11.0. The van der Waals surface area contributed by atoms with Crippen molar-refractivity contribution in [3.8, 4) is 11.3 Å². The molecule has 1 fully saturated rings. The van der Waals surface area contributed by atoms with Gasteiger partial charge in [0.2, 0.25) is 11.8 Å². The Bertz CT molecular complexity index is 996. The number of nitrogens with one attached hydrogen (secondary N) is 2. The van der Waals surface area contributed by atoms with Gasteiger partial charge in [-0.15, -0.1) is 5.10 Å². The fourth-order valence-electron chi connectivity index (χ4n) is 3.38. The van der Waals surface area contributed by atoms with Gasteiger partial charge in [-0.05, 0) is 37.2 Å². The van der Waals surface area contributed by atoms with Crippen LogP contribution >= 0.6 is 0 Å². The predicted octanol–water partition coefficient (Wildman–Crippen LogP) is 4.19. The molecule has 2 N–H and O–H groups in total. The molecule has 1 aliphatic rings. The van der Waals surface area contributed by atoms with Crippen LogP contribution in [0.5, 0.6) is 0 Å². The van der Waals surface area contributed by atoms with Gasteiger partial charge in [0.1, 0.15) is 17.8 Å². The summed E-state index contributed by atoms with van der Waals surface area (Å²) in [6.07, 6.45) is 1.30. The molecule has 174 valence electrons. The van der Waals surface area contributed by atoms with Crippen LogP contribution in [0.15, 0.2) is 30.5 Å². The second kappa shape index (κ2) is 8.78. The van der Waals surface area contributed by atoms with Crippen LogP contribution in [0.4, 0.5) is 5.69 Å². The van der Waals surface area contributed by atoms with Crippen LogP contribution in [-0.4, -0.2) is 41.2 Å². The molecule has 9 heteroatoms. The lowest BCUT2D eigenvalue weighted by atomic mass is 9.92. The Kier molecular flexibility index (Phi) is 6.62. The average Bonchev–Trinajstić information content (AvgIpc) is 3.14. The zero-order chi connectivity index (χ0) is 23.8. The Balaban J connectivity index is 1.75. The van der Waals surface area contributed by atoms with Gasteiger partial charge in [0.15, 0.2) is 8.32 Å². The summed E-state index contributed by atoms with van der Waals surface area (Å²) < 4.78 is 8.15. The van der Waals surface area contributed by atoms with Crippen LogP contribution in [0, 0.1) is 11.8 Å². The van der Waals surface area contributed by atoms with Crippen molar-refractivity contribution < 1.29 is 14.0 Å². The van der Waals surface area contributed by atoms with E-state index in [1.54, 1.807) is 4.68 Å². The van der Waals surface area contributed by atoms with Crippen molar-refractivity contribution in [1.82, 2.24) is 20.3 Å². The Labute approximate surface area is 191 Å². The van der Waals surface area contributed by atoms with Crippen LogP contribution in [0.25, 0.3) is 11.3 Å². The maximum absolute atomic E-state index is 12.4. The molecule has 0 unspecified atom stereocenters. The maximum atomic E-state index is 12.4. The molecule has 0 saturated carbocycles. The third kappa shape index (κ3) is 4.93. The van der Waals surface area contributed by atoms with E-state index in [2.05, 4.69) is 54.8 Å². The standard InChI is InChI=1S/C23H35N5O3Si/c1-14(2)21(29)24-17-11-9-10-16(12-17)18-13-28(27-26-18)20-19(22(30)25-20)15(3)31-32(7,8)23(4,5)6/h9-15,19-20H,1-8H3,(H,24,29)(H,25,30)/t15-,19-,20-/m1/s1. The van der Waals surface area contributed by atoms with Gasteiger partial charge in [-0.3, -0.25) is 9.59 Å². The number of carbonyl (C=O) groups excluding carboxylic acids is 2. The van der Waals surface area contributed by atoms with Gasteiger partial charge in [-0.2, -0.15) is 0 Å². The number of amides is 2. The Morgan fingerprint density at radius 2 is 1.94 bits per heavy atom. The number of rotatable bonds is 7. The molecule has 0 radical (unpaired) electrons. The summed E-state index contributed by atoms with van der Waals surface area (Å²) in [5.41, 5.74) is 2.22. The largest absolute Gasteiger partial charge is 0.413 e. The molecule has 2 amide bonds. The molecule has 1 aliphatic heterocycles. The molecule has 3 rings (SSSR count). The van der Waals surface area contributed by atoms with Crippen molar-refractivity contribution in [3.05, 3.63) is 30.5 Å². The van der Waals surface area contributed by atoms with Gasteiger partial charge in [0.05, 0.1) is 12.3 Å². The molecule has 1 aromatic carbocycles. The number of hydrogen-bond acceptors (Lipinski definition) is 5. The highest BCUT2D eigenvalue weighted by molar-refractivity contribution is 6.74. The molecule has 0 spiro atoms. The molecule has 3 atom stereocenters. The molecule has 2 aromatic rings. The Morgan fingerprint density at radius 1 is 1.25 bits per heavy atom. The first-order valence-electron chi connectivity index (χ1n) is 11.1. The van der Waals surface area contributed by atoms with Crippen molar-refractivity contribution in [2.45, 2.75) is 71.9 Å². The number of benzene rings is 1. The molecule has 0 aliphatic carbocycles. The van der Waals surface area contributed by atoms with Crippen molar-refractivity contribution in [2.75, 3.05) is 5.32 Å². The second-order valence-corrected chi connectivity index (χ2v) is 15.1. The molecule has 2 heterocycles. The maximum Gasteiger partial charge on any atom is 0.231 e. The summed E-state index contributed by atoms with van der Waals surface area (Å²) in [6.45, 7) is 16.6. The summed E-state index contributed by atoms with van der Waals surface area (Å²) in [6, 6.07) is 7.50. The fraction of sp³-hybridized carbons (Fsp3) is 0.565. The van der Waals surface area contributed by atoms with Gasteiger partial charge in [0.25, 0.3) is 0 Å². The Morgan fingerprint density at radius 3 is 2.53 bits per heavy atom. The molecular formula is C23H35N5O3Si. The minimum atomic E-state index is -2.01. The molecule has 1 aromatic heterocycles. The molecule has 8 nitrogen and oxygen atoms in total. The highest BCUT2D eigenvalue weighted by Crippen LogP contribution is 2.40. The van der Waals surface area contributed by atoms with Crippen LogP contribution in [0.1, 0.15) is 47.7 Å². The van der Waals surface area contributed by atoms with Crippen LogP contribution in [0.2, 0.25) is 18.1 Å². The number of nitrogens with zero attached hydrogens (tertiary/aromatic N) is 3. The zero-order valence-corrected chi connectivity index (χ0v) is 21.3. The van der Waals surface area contributed by atoms with E-state index in [9.17, 15) is 9.59 Å². The first kappa shape index (κ1) is 24.1. The summed E-state index contributed by atoms with van der Waals surface area (Å²) >= 11 is 0. The summed E-state index contributed by atoms with van der Waals surface area (Å²) in [4.78, 5) is 24.4. The van der Waals surface area contributed by atoms with Gasteiger partial charge in [-0.1, -0.05) is 52.0 Å². The first-order chi connectivity index (χ1) is 14.8. The minimum Gasteiger partial charge on any atom is -0.413 e. The second-order valence-electron chi connectivity index (χ2n) is 10.4. The number of hydrogen-bond donors (Lipinski definition) is 2. The zero-order valence-electron chi connectivity index (χ0n) is 20.3. The normalized spacial score (nSPS) is 20.0. The Hall–Kier alpha value is -2.52. The minimum absolute atomic E-state index is 0.0309. The van der Waals surface area contributed by atoms with E-state index < -0.39 is 8.32 Å². The smallest absolute Gasteiger partial charge is 0.231 e. The topological polar surface area (TPSA) is 98.1 Å². The number of carbonyl (C=O) groups is 2. The molecular weight excluding hydrogens is 422 g/mol. The van der Waals surface area contributed by atoms with E-state index in [1.807, 2.05) is 51.2 Å². The summed E-state index contributed by atoms with van der Waals surface area (Å²) in [5.74, 6) is -0.497. The average molecular weight is 458 g/mol. The third-order valence-electron chi connectivity index (χ3n) is 6.47. The number of β-lactam (4-membered cyclic amide) rings is 1. The van der Waals surface area contributed by atoms with Gasteiger partial charge in [-0.25, -0.2) is 4.68 Å². The lowest BCUT2D eigenvalue weighted by Crippen LogP contribution is -2.60. The van der Waals surface area contributed by atoms with E-state index in [4.69, 9.17) is 4.43 Å². The predicted molar refractivity (Wildman–Crippen MR) is 127 cm³/mol. The quantitative estimate of drug-likeness (QED) is 0.480. The van der Waals surface area contributed by atoms with E-state index in [1.165, 1.54) is 0 Å². The van der Waals surface area contributed by atoms with Crippen molar-refractivity contribution in [3.63, 3.8) is 0 Å². The van der Waals surface area contributed by atoms with Crippen LogP contribution in [0.3, 0.4) is 0 Å². The van der Waals surface area contributed by atoms with Gasteiger partial charge < -0.3 is 15.1 Å². The number of aromatic nitrogens is 3. The van der Waals surface area contributed by atoms with Crippen LogP contribution < -0.4 is 10.6 Å². The van der Waals surface area contributed by atoms with E-state index in [0.29, 0.717) is 11.4 Å². The summed E-state index contributed by atoms with van der Waals surface area (Å²) in [5, 5.41) is 14.5. The lowest BCUT2D eigenvalue weighted by Gasteiger charge is -2.45. The lowest BCUT2D eigenvalue weighted by molar-refractivity contribution is -0.144. The molecule has 0 bridgehead atoms. The highest BCUT2D eigenvalue weighted by Gasteiger charge is 2.48. The van der Waals surface area contributed by atoms with E-state index >= 15 is 0 Å². The molecule has 1 saturated heterocycles. The highest BCUT2D eigenvalue weighted by atomic mass is 28.4. The first-order valence-corrected chi connectivity index (χ1v) is 14.0. The van der Waals surface area contributed by atoms with Gasteiger partial charge in [0, 0.05) is 17.2 Å². The van der Waals surface area contributed by atoms with Crippen molar-refractivity contribution in [1.29, 1.82) is 0 Å². The number of anilines is 1. The SMILES string of the molecule is CC(C)C(=O)Nc1cccc(-c2cn([C@H]3NC(=O)[C@@H]3[C@@H](C)O[Si](C)(C)C(C)(C)C)nn2)c1. The van der Waals surface area contributed by atoms with Crippen LogP contribution in [-0.2, 0) is 14.0 Å². The van der Waals surface area contributed by atoms with Gasteiger partial charge >= 0.3 is 0 Å². The summed E-state index contributed by atoms with van der Waals surface area (Å²) in [7, 11) is -2.01. The molecule has 32 heavy (non-hydrogen) atoms. The monoisotopic (exact) mass is 457 g/mol. The van der Waals surface area contributed by atoms with E-state index in [-0.39, 0.29) is 41.0 Å². The van der Waals surface area contributed by atoms with Crippen molar-refractivity contribution >= 4 is 25.8 Å². The fourth-order valence-corrected chi connectivity index (χ4v) is 4.81. The van der Waals surface area contributed by atoms with E-state index in [0.717, 1.165) is 5.56 Å². The van der Waals surface area contributed by atoms with Crippen molar-refractivity contribution in [2.24, 2.45) is 11.8 Å².